The summed E-state index contributed by atoms with van der Waals surface area (Å²) in [5.74, 6) is -0.125. The highest BCUT2D eigenvalue weighted by Gasteiger charge is 2.57. The average Bonchev–Trinajstić information content (AvgIpc) is 3.62. The van der Waals surface area contributed by atoms with Crippen molar-refractivity contribution in [1.82, 2.24) is 10.2 Å². The van der Waals surface area contributed by atoms with Crippen LogP contribution in [0, 0.1) is 12.3 Å². The zero-order valence-electron chi connectivity index (χ0n) is 30.2. The molecule has 7 rings (SSSR count). The lowest BCUT2D eigenvalue weighted by Gasteiger charge is -2.46. The summed E-state index contributed by atoms with van der Waals surface area (Å²) in [5, 5.41) is 29.3. The Kier molecular flexibility index (Phi) is 10.7. The van der Waals surface area contributed by atoms with E-state index in [9.17, 15) is 19.8 Å². The van der Waals surface area contributed by atoms with E-state index in [1.165, 1.54) is 16.9 Å². The van der Waals surface area contributed by atoms with Crippen LogP contribution in [0.1, 0.15) is 109 Å². The zero-order valence-corrected chi connectivity index (χ0v) is 31.0. The molecule has 1 aromatic heterocycles. The molecule has 1 heterocycles. The molecule has 2 bridgehead atoms. The summed E-state index contributed by atoms with van der Waals surface area (Å²) >= 11 is 1.50. The topological polar surface area (TPSA) is 89.9 Å². The number of hydrogen-bond donors (Lipinski definition) is 3. The van der Waals surface area contributed by atoms with Crippen molar-refractivity contribution < 1.29 is 19.8 Å². The molecule has 4 atom stereocenters. The van der Waals surface area contributed by atoms with Crippen LogP contribution in [0.4, 0.5) is 4.79 Å². The van der Waals surface area contributed by atoms with Crippen LogP contribution < -0.4 is 5.32 Å². The Hall–Kier alpha value is -3.78. The summed E-state index contributed by atoms with van der Waals surface area (Å²) in [5.41, 5.74) is 2.95. The minimum Gasteiger partial charge on any atom is -0.393 e. The number of hydrogen-bond acceptors (Lipinski definition) is 5. The second kappa shape index (κ2) is 14.8. The van der Waals surface area contributed by atoms with Gasteiger partial charge >= 0.3 is 6.03 Å². The third-order valence-electron chi connectivity index (χ3n) is 11.3. The average molecular weight is 693 g/mol. The van der Waals surface area contributed by atoms with E-state index in [2.05, 4.69) is 61.6 Å². The molecule has 264 valence electrons. The number of allylic oxidation sites excluding steroid dienone is 2. The van der Waals surface area contributed by atoms with Crippen molar-refractivity contribution in [3.8, 4) is 0 Å². The molecule has 0 aliphatic heterocycles. The number of ketones is 1. The van der Waals surface area contributed by atoms with Crippen LogP contribution in [-0.2, 0) is 13.0 Å². The summed E-state index contributed by atoms with van der Waals surface area (Å²) in [6.45, 7) is 10.8. The maximum atomic E-state index is 14.3. The second-order valence-electron chi connectivity index (χ2n) is 15.3. The SMILES string of the molecule is CC1=CCC[C@@]2(C)[C@@H](CC[C@@]2(O)CN(Cc2cccc3ccccc23)C(=O)NC(C)C)c2ccc(cc2C(=O)c2ccc(C)s2)C[C@@H](O)CC1. The number of nitrogens with zero attached hydrogens (tertiary/aromatic N) is 1. The number of carbonyl (C=O) groups excluding carboxylic acids is 2. The number of thiophene rings is 1. The number of carbonyl (C=O) groups is 2. The normalized spacial score (nSPS) is 24.1. The van der Waals surface area contributed by atoms with Crippen molar-refractivity contribution in [3.63, 3.8) is 0 Å². The molecule has 0 radical (unpaired) electrons. The Balaban J connectivity index is 1.43. The van der Waals surface area contributed by atoms with Crippen LogP contribution in [-0.4, -0.2) is 51.2 Å². The largest absolute Gasteiger partial charge is 0.393 e. The summed E-state index contributed by atoms with van der Waals surface area (Å²) in [7, 11) is 0. The molecular formula is C43H52N2O4S. The van der Waals surface area contributed by atoms with Crippen LogP contribution >= 0.6 is 11.3 Å². The van der Waals surface area contributed by atoms with E-state index in [1.54, 1.807) is 4.90 Å². The number of benzene rings is 3. The first-order valence-corrected chi connectivity index (χ1v) is 19.0. The molecule has 3 aromatic carbocycles. The first kappa shape index (κ1) is 36.0. The number of nitrogens with one attached hydrogen (secondary N) is 1. The zero-order chi connectivity index (χ0) is 35.6. The lowest BCUT2D eigenvalue weighted by molar-refractivity contribution is -0.0780. The number of fused-ring (bicyclic) bond motifs is 9. The summed E-state index contributed by atoms with van der Waals surface area (Å²) < 4.78 is 0. The number of urea groups is 1. The third kappa shape index (κ3) is 7.46. The highest BCUT2D eigenvalue weighted by atomic mass is 32.1. The van der Waals surface area contributed by atoms with Crippen molar-refractivity contribution in [2.24, 2.45) is 5.41 Å². The van der Waals surface area contributed by atoms with Gasteiger partial charge in [-0.15, -0.1) is 11.3 Å². The fourth-order valence-electron chi connectivity index (χ4n) is 8.38. The molecule has 6 nitrogen and oxygen atoms in total. The molecule has 3 N–H and O–H groups in total. The third-order valence-corrected chi connectivity index (χ3v) is 12.3. The van der Waals surface area contributed by atoms with E-state index in [0.29, 0.717) is 49.1 Å². The standard InChI is InChI=1S/C43H52N2O4S/c1-28(2)44-41(48)45(26-33-13-8-12-32-11-6-7-14-35(32)33)27-43(49)23-21-38-36-19-17-31(25-37(36)40(47)39-20-16-30(4)50-39)24-34(46)18-15-29(3)10-9-22-42(38,43)5/h6-8,10-14,16-17,19-20,25,28,34,38,46,49H,9,15,18,21-24,26-27H2,1-5H3,(H,44,48)/t34-,38-,42-,43+/m0/s1. The minimum absolute atomic E-state index is 0.0102. The predicted octanol–water partition coefficient (Wildman–Crippen LogP) is 9.10. The molecular weight excluding hydrogens is 641 g/mol. The van der Waals surface area contributed by atoms with Gasteiger partial charge in [-0.1, -0.05) is 73.2 Å². The van der Waals surface area contributed by atoms with E-state index in [0.717, 1.165) is 45.2 Å². The molecule has 2 amide bonds. The summed E-state index contributed by atoms with van der Waals surface area (Å²) in [6.07, 6.45) is 6.32. The number of aliphatic hydroxyl groups is 2. The van der Waals surface area contributed by atoms with Gasteiger partial charge in [-0.3, -0.25) is 4.79 Å². The van der Waals surface area contributed by atoms with Gasteiger partial charge in [0.2, 0.25) is 5.78 Å². The Morgan fingerprint density at radius 3 is 2.54 bits per heavy atom. The van der Waals surface area contributed by atoms with Crippen LogP contribution in [0.15, 0.2) is 84.4 Å². The van der Waals surface area contributed by atoms with Crippen molar-refractivity contribution in [2.45, 2.75) is 110 Å². The molecule has 1 fully saturated rings. The number of rotatable bonds is 7. The Labute approximate surface area is 301 Å². The quantitative estimate of drug-likeness (QED) is 0.133. The molecule has 7 heteroatoms. The first-order valence-electron chi connectivity index (χ1n) is 18.2. The van der Waals surface area contributed by atoms with Gasteiger partial charge in [-0.05, 0) is 124 Å². The van der Waals surface area contributed by atoms with Gasteiger partial charge in [0.1, 0.15) is 0 Å². The van der Waals surface area contributed by atoms with E-state index < -0.39 is 17.1 Å². The molecule has 4 aromatic rings. The van der Waals surface area contributed by atoms with Crippen molar-refractivity contribution in [1.29, 1.82) is 0 Å². The summed E-state index contributed by atoms with van der Waals surface area (Å²) in [6, 6.07) is 24.2. The minimum atomic E-state index is -1.22. The van der Waals surface area contributed by atoms with Crippen LogP contribution in [0.2, 0.25) is 0 Å². The molecule has 0 saturated heterocycles. The van der Waals surface area contributed by atoms with E-state index >= 15 is 0 Å². The highest BCUT2D eigenvalue weighted by molar-refractivity contribution is 7.14. The number of aryl methyl sites for hydroxylation is 1. The Morgan fingerprint density at radius 1 is 1.00 bits per heavy atom. The van der Waals surface area contributed by atoms with E-state index in [-0.39, 0.29) is 30.3 Å². The van der Waals surface area contributed by atoms with Crippen molar-refractivity contribution in [3.05, 3.63) is 116 Å². The fourth-order valence-corrected chi connectivity index (χ4v) is 9.20. The smallest absolute Gasteiger partial charge is 0.317 e. The van der Waals surface area contributed by atoms with Gasteiger partial charge in [0.05, 0.1) is 23.1 Å². The first-order chi connectivity index (χ1) is 23.9. The molecule has 3 aliphatic rings. The number of aliphatic hydroxyl groups excluding tert-OH is 1. The van der Waals surface area contributed by atoms with Gasteiger partial charge in [0, 0.05) is 28.4 Å². The van der Waals surface area contributed by atoms with Crippen LogP contribution in [0.25, 0.3) is 10.8 Å². The maximum absolute atomic E-state index is 14.3. The van der Waals surface area contributed by atoms with Gasteiger partial charge < -0.3 is 20.4 Å². The second-order valence-corrected chi connectivity index (χ2v) is 16.6. The fraction of sp³-hybridized carbons (Fsp3) is 0.442. The van der Waals surface area contributed by atoms with E-state index in [4.69, 9.17) is 0 Å². The monoisotopic (exact) mass is 692 g/mol. The summed E-state index contributed by atoms with van der Waals surface area (Å²) in [4.78, 5) is 31.8. The molecule has 1 saturated carbocycles. The van der Waals surface area contributed by atoms with E-state index in [1.807, 2.05) is 57.2 Å². The lowest BCUT2D eigenvalue weighted by atomic mass is 9.64. The molecule has 0 spiro atoms. The highest BCUT2D eigenvalue weighted by Crippen LogP contribution is 2.59. The van der Waals surface area contributed by atoms with Gasteiger partial charge in [-0.2, -0.15) is 0 Å². The van der Waals surface area contributed by atoms with Gasteiger partial charge in [0.15, 0.2) is 0 Å². The van der Waals surface area contributed by atoms with Crippen LogP contribution in [0.3, 0.4) is 0 Å². The molecule has 3 aliphatic carbocycles. The Bertz CT molecular complexity index is 1890. The Morgan fingerprint density at radius 2 is 1.78 bits per heavy atom. The van der Waals surface area contributed by atoms with Crippen molar-refractivity contribution >= 4 is 33.9 Å². The molecule has 0 unspecified atom stereocenters. The number of amides is 2. The van der Waals surface area contributed by atoms with Gasteiger partial charge in [-0.25, -0.2) is 4.79 Å². The van der Waals surface area contributed by atoms with Gasteiger partial charge in [0.25, 0.3) is 0 Å². The maximum Gasteiger partial charge on any atom is 0.317 e. The lowest BCUT2D eigenvalue weighted by Crippen LogP contribution is -2.55. The predicted molar refractivity (Wildman–Crippen MR) is 204 cm³/mol. The van der Waals surface area contributed by atoms with Crippen molar-refractivity contribution in [2.75, 3.05) is 6.54 Å². The van der Waals surface area contributed by atoms with Crippen LogP contribution in [0.5, 0.6) is 0 Å². The molecule has 50 heavy (non-hydrogen) atoms.